The monoisotopic (exact) mass is 280 g/mol. The molecule has 19 heavy (non-hydrogen) atoms. The molecule has 0 aromatic carbocycles. The predicted molar refractivity (Wildman–Crippen MR) is 72.9 cm³/mol. The van der Waals surface area contributed by atoms with E-state index in [0.29, 0.717) is 13.0 Å². The lowest BCUT2D eigenvalue weighted by molar-refractivity contribution is -0.125. The fraction of sp³-hybridized carbons (Fsp3) is 0.500. The summed E-state index contributed by atoms with van der Waals surface area (Å²) in [5, 5.41) is 0.138. The van der Waals surface area contributed by atoms with Gasteiger partial charge in [-0.1, -0.05) is 32.4 Å². The Morgan fingerprint density at radius 3 is 2.68 bits per heavy atom. The number of likely N-dealkylation sites (tertiary alicyclic amines) is 1. The summed E-state index contributed by atoms with van der Waals surface area (Å²) < 4.78 is 0. The lowest BCUT2D eigenvalue weighted by Gasteiger charge is -2.26. The van der Waals surface area contributed by atoms with Gasteiger partial charge in [-0.3, -0.25) is 14.5 Å². The van der Waals surface area contributed by atoms with E-state index in [1.165, 1.54) is 11.1 Å². The van der Waals surface area contributed by atoms with E-state index in [1.54, 1.807) is 12.1 Å². The maximum atomic E-state index is 12.3. The van der Waals surface area contributed by atoms with Crippen LogP contribution < -0.4 is 0 Å². The number of carbonyl (C=O) groups is 2. The molecule has 1 atom stereocenters. The Bertz CT molecular complexity index is 522. The molecular weight excluding hydrogens is 264 g/mol. The van der Waals surface area contributed by atoms with Gasteiger partial charge in [0.2, 0.25) is 5.91 Å². The highest BCUT2D eigenvalue weighted by atomic mass is 35.5. The molecule has 0 bridgehead atoms. The number of halogens is 1. The molecule has 2 rings (SSSR count). The van der Waals surface area contributed by atoms with E-state index in [-0.39, 0.29) is 33.9 Å². The van der Waals surface area contributed by atoms with Crippen molar-refractivity contribution in [2.45, 2.75) is 27.2 Å². The van der Waals surface area contributed by atoms with Gasteiger partial charge >= 0.3 is 0 Å². The minimum absolute atomic E-state index is 0.00340. The number of rotatable bonds is 1. The highest BCUT2D eigenvalue weighted by Crippen LogP contribution is 2.35. The molecule has 1 unspecified atom stereocenters. The number of hydrogen-bond donors (Lipinski definition) is 0. The first-order chi connectivity index (χ1) is 8.80. The van der Waals surface area contributed by atoms with Gasteiger partial charge in [0.25, 0.3) is 5.91 Å². The molecule has 1 saturated heterocycles. The van der Waals surface area contributed by atoms with Gasteiger partial charge in [-0.15, -0.1) is 0 Å². The van der Waals surface area contributed by atoms with Crippen LogP contribution in [0.4, 0.5) is 0 Å². The van der Waals surface area contributed by atoms with E-state index >= 15 is 0 Å². The van der Waals surface area contributed by atoms with Crippen LogP contribution in [0.1, 0.15) is 37.6 Å². The summed E-state index contributed by atoms with van der Waals surface area (Å²) in [6, 6.07) is 3.23. The van der Waals surface area contributed by atoms with Gasteiger partial charge < -0.3 is 0 Å². The second kappa shape index (κ2) is 4.93. The topological polar surface area (TPSA) is 50.3 Å². The summed E-state index contributed by atoms with van der Waals surface area (Å²) in [5.74, 6) is -0.306. The highest BCUT2D eigenvalue weighted by molar-refractivity contribution is 6.33. The molecule has 0 N–H and O–H groups in total. The Morgan fingerprint density at radius 2 is 2.16 bits per heavy atom. The van der Waals surface area contributed by atoms with E-state index in [2.05, 4.69) is 25.8 Å². The van der Waals surface area contributed by atoms with E-state index < -0.39 is 0 Å². The molecule has 1 fully saturated rings. The Balaban J connectivity index is 2.22. The quantitative estimate of drug-likeness (QED) is 0.587. The lowest BCUT2D eigenvalue weighted by Crippen LogP contribution is -2.33. The molecule has 0 spiro atoms. The van der Waals surface area contributed by atoms with E-state index in [4.69, 9.17) is 11.6 Å². The van der Waals surface area contributed by atoms with E-state index in [0.717, 1.165) is 0 Å². The average Bonchev–Trinajstić information content (AvgIpc) is 2.71. The average molecular weight is 281 g/mol. The van der Waals surface area contributed by atoms with Crippen LogP contribution in [0.3, 0.4) is 0 Å². The predicted octanol–water partition coefficient (Wildman–Crippen LogP) is 2.77. The largest absolute Gasteiger partial charge is 0.278 e. The maximum Gasteiger partial charge on any atom is 0.263 e. The maximum absolute atomic E-state index is 12.3. The first kappa shape index (κ1) is 14.0. The summed E-state index contributed by atoms with van der Waals surface area (Å²) >= 11 is 5.90. The van der Waals surface area contributed by atoms with Crippen molar-refractivity contribution >= 4 is 23.4 Å². The molecule has 5 heteroatoms. The number of hydrogen-bond acceptors (Lipinski definition) is 3. The minimum Gasteiger partial charge on any atom is -0.278 e. The molecule has 1 aromatic rings. The zero-order chi connectivity index (χ0) is 14.2. The van der Waals surface area contributed by atoms with E-state index in [9.17, 15) is 9.59 Å². The molecule has 2 amide bonds. The third kappa shape index (κ3) is 2.78. The molecule has 1 aliphatic heterocycles. The number of pyridine rings is 1. The third-order valence-corrected chi connectivity index (χ3v) is 3.89. The van der Waals surface area contributed by atoms with Crippen LogP contribution in [0.15, 0.2) is 18.3 Å². The molecule has 102 valence electrons. The highest BCUT2D eigenvalue weighted by Gasteiger charge is 2.40. The van der Waals surface area contributed by atoms with Crippen molar-refractivity contribution in [3.63, 3.8) is 0 Å². The third-order valence-electron chi connectivity index (χ3n) is 3.58. The molecule has 1 aliphatic rings. The van der Waals surface area contributed by atoms with Crippen LogP contribution in [0, 0.1) is 11.3 Å². The van der Waals surface area contributed by atoms with Gasteiger partial charge in [0.1, 0.15) is 5.15 Å². The Labute approximate surface area is 117 Å². The van der Waals surface area contributed by atoms with Gasteiger partial charge in [0, 0.05) is 19.2 Å². The molecule has 4 nitrogen and oxygen atoms in total. The summed E-state index contributed by atoms with van der Waals surface area (Å²) in [5.41, 5.74) is 0.288. The number of amides is 2. The summed E-state index contributed by atoms with van der Waals surface area (Å²) in [6.45, 7) is 6.69. The smallest absolute Gasteiger partial charge is 0.263 e. The fourth-order valence-corrected chi connectivity index (χ4v) is 2.38. The van der Waals surface area contributed by atoms with Crippen molar-refractivity contribution in [2.75, 3.05) is 6.54 Å². The second-order valence-corrected chi connectivity index (χ2v) is 6.28. The molecule has 0 aliphatic carbocycles. The SMILES string of the molecule is CC(C)(C)C1CC(=O)N(C(=O)c2cccnc2Cl)C1. The molecule has 0 radical (unpaired) electrons. The van der Waals surface area contributed by atoms with Crippen molar-refractivity contribution in [3.05, 3.63) is 29.0 Å². The Morgan fingerprint density at radius 1 is 1.47 bits per heavy atom. The van der Waals surface area contributed by atoms with Crippen molar-refractivity contribution in [2.24, 2.45) is 11.3 Å². The number of aromatic nitrogens is 1. The summed E-state index contributed by atoms with van der Waals surface area (Å²) in [4.78, 5) is 29.5. The van der Waals surface area contributed by atoms with Crippen molar-refractivity contribution in [1.82, 2.24) is 9.88 Å². The van der Waals surface area contributed by atoms with Gasteiger partial charge in [-0.05, 0) is 23.5 Å². The van der Waals surface area contributed by atoms with Gasteiger partial charge in [-0.25, -0.2) is 4.98 Å². The Hall–Kier alpha value is -1.42. The van der Waals surface area contributed by atoms with Crippen LogP contribution >= 0.6 is 11.6 Å². The van der Waals surface area contributed by atoms with Crippen LogP contribution in [0.2, 0.25) is 5.15 Å². The standard InChI is InChI=1S/C14H17ClN2O2/c1-14(2,3)9-7-11(18)17(8-9)13(19)10-5-4-6-16-12(10)15/h4-6,9H,7-8H2,1-3H3. The number of carbonyl (C=O) groups excluding carboxylic acids is 2. The second-order valence-electron chi connectivity index (χ2n) is 5.92. The molecular formula is C14H17ClN2O2. The Kier molecular flexibility index (Phi) is 3.63. The molecule has 1 aromatic heterocycles. The normalized spacial score (nSPS) is 19.9. The van der Waals surface area contributed by atoms with E-state index in [1.807, 2.05) is 0 Å². The molecule has 2 heterocycles. The zero-order valence-electron chi connectivity index (χ0n) is 11.3. The minimum atomic E-state index is -0.352. The first-order valence-corrected chi connectivity index (χ1v) is 6.63. The zero-order valence-corrected chi connectivity index (χ0v) is 12.1. The number of imide groups is 1. The summed E-state index contributed by atoms with van der Waals surface area (Å²) in [6.07, 6.45) is 1.93. The number of nitrogens with zero attached hydrogens (tertiary/aromatic N) is 2. The van der Waals surface area contributed by atoms with Crippen LogP contribution in [-0.4, -0.2) is 28.2 Å². The van der Waals surface area contributed by atoms with Crippen molar-refractivity contribution < 1.29 is 9.59 Å². The molecule has 0 saturated carbocycles. The van der Waals surface area contributed by atoms with Crippen LogP contribution in [0.5, 0.6) is 0 Å². The van der Waals surface area contributed by atoms with Crippen molar-refractivity contribution in [1.29, 1.82) is 0 Å². The van der Waals surface area contributed by atoms with Gasteiger partial charge in [0.15, 0.2) is 0 Å². The van der Waals surface area contributed by atoms with Crippen LogP contribution in [-0.2, 0) is 4.79 Å². The fourth-order valence-electron chi connectivity index (χ4n) is 2.17. The van der Waals surface area contributed by atoms with Gasteiger partial charge in [0.05, 0.1) is 5.56 Å². The van der Waals surface area contributed by atoms with Crippen molar-refractivity contribution in [3.8, 4) is 0 Å². The summed E-state index contributed by atoms with van der Waals surface area (Å²) in [7, 11) is 0. The lowest BCUT2D eigenvalue weighted by atomic mass is 9.80. The van der Waals surface area contributed by atoms with Gasteiger partial charge in [-0.2, -0.15) is 0 Å². The van der Waals surface area contributed by atoms with Crippen LogP contribution in [0.25, 0.3) is 0 Å². The first-order valence-electron chi connectivity index (χ1n) is 6.26.